The first kappa shape index (κ1) is 28.6. The number of amides is 1. The number of carbonyl (C=O) groups excluding carboxylic acids is 1. The van der Waals surface area contributed by atoms with E-state index in [2.05, 4.69) is 5.32 Å². The average molecular weight is 565 g/mol. The van der Waals surface area contributed by atoms with Crippen molar-refractivity contribution in [3.05, 3.63) is 88.2 Å². The molecule has 0 spiro atoms. The van der Waals surface area contributed by atoms with Gasteiger partial charge in [-0.2, -0.15) is 17.5 Å². The van der Waals surface area contributed by atoms with Crippen molar-refractivity contribution in [3.63, 3.8) is 0 Å². The molecule has 1 N–H and O–H groups in total. The first-order valence-electron chi connectivity index (χ1n) is 12.3. The van der Waals surface area contributed by atoms with E-state index in [0.29, 0.717) is 30.0 Å². The van der Waals surface area contributed by atoms with Crippen LogP contribution in [0.25, 0.3) is 0 Å². The van der Waals surface area contributed by atoms with Crippen LogP contribution in [0.3, 0.4) is 0 Å². The molecular weight excluding hydrogens is 536 g/mol. The normalized spacial score (nSPS) is 14.3. The van der Waals surface area contributed by atoms with Crippen LogP contribution in [0.2, 0.25) is 0 Å². The Bertz CT molecular complexity index is 1490. The lowest BCUT2D eigenvalue weighted by atomic mass is 9.95. The fourth-order valence-corrected chi connectivity index (χ4v) is 5.92. The molecule has 0 bridgehead atoms. The van der Waals surface area contributed by atoms with Gasteiger partial charge in [-0.05, 0) is 85.8 Å². The molecule has 11 heteroatoms. The van der Waals surface area contributed by atoms with Crippen LogP contribution in [0.1, 0.15) is 41.7 Å². The summed E-state index contributed by atoms with van der Waals surface area (Å²) in [4.78, 5) is 12.9. The van der Waals surface area contributed by atoms with Crippen molar-refractivity contribution in [2.75, 3.05) is 11.9 Å². The Hall–Kier alpha value is -3.44. The monoisotopic (exact) mass is 564 g/mol. The Morgan fingerprint density at radius 1 is 1.08 bits per heavy atom. The van der Waals surface area contributed by atoms with Crippen molar-refractivity contribution in [2.24, 2.45) is 0 Å². The van der Waals surface area contributed by atoms with E-state index in [1.165, 1.54) is 16.4 Å². The van der Waals surface area contributed by atoms with E-state index in [9.17, 15) is 30.8 Å². The molecule has 208 valence electrons. The van der Waals surface area contributed by atoms with Crippen LogP contribution in [-0.4, -0.2) is 31.3 Å². The van der Waals surface area contributed by atoms with Crippen molar-refractivity contribution in [3.8, 4) is 5.75 Å². The molecule has 0 saturated carbocycles. The van der Waals surface area contributed by atoms with E-state index >= 15 is 0 Å². The Morgan fingerprint density at radius 2 is 1.77 bits per heavy atom. The SMILES string of the molecule is Cc1ccc2c(c1NC(=O)Cc1ccc(C(F)(F)F)c(F)c1)CCN(S(=O)(=O)c1ccc(OC(C)C)cc1)C2. The number of hydrogen-bond acceptors (Lipinski definition) is 4. The number of sulfonamides is 1. The Morgan fingerprint density at radius 3 is 2.38 bits per heavy atom. The van der Waals surface area contributed by atoms with E-state index in [1.54, 1.807) is 25.1 Å². The molecule has 1 amide bonds. The molecule has 0 fully saturated rings. The second-order valence-corrected chi connectivity index (χ2v) is 11.6. The number of aryl methyl sites for hydroxylation is 1. The molecule has 0 atom stereocenters. The molecule has 6 nitrogen and oxygen atoms in total. The summed E-state index contributed by atoms with van der Waals surface area (Å²) >= 11 is 0. The fourth-order valence-electron chi connectivity index (χ4n) is 4.51. The summed E-state index contributed by atoms with van der Waals surface area (Å²) in [7, 11) is -3.78. The standard InChI is InChI=1S/C28H28F4N2O4S/c1-17(2)38-21-7-9-22(10-8-21)39(36,37)34-13-12-23-20(16-34)6-4-18(3)27(23)33-26(35)15-19-5-11-24(25(29)14-19)28(30,31)32/h4-11,14,17H,12-13,15-16H2,1-3H3,(H,33,35). The smallest absolute Gasteiger partial charge is 0.419 e. The molecule has 3 aromatic carbocycles. The number of rotatable bonds is 7. The number of fused-ring (bicyclic) bond motifs is 1. The van der Waals surface area contributed by atoms with E-state index in [4.69, 9.17) is 4.74 Å². The van der Waals surface area contributed by atoms with Crippen LogP contribution in [0.15, 0.2) is 59.5 Å². The van der Waals surface area contributed by atoms with Crippen LogP contribution < -0.4 is 10.1 Å². The second kappa shape index (κ2) is 11.0. The lowest BCUT2D eigenvalue weighted by molar-refractivity contribution is -0.140. The van der Waals surface area contributed by atoms with Gasteiger partial charge in [0.25, 0.3) is 0 Å². The molecule has 0 aromatic heterocycles. The number of nitrogens with zero attached hydrogens (tertiary/aromatic N) is 1. The van der Waals surface area contributed by atoms with Gasteiger partial charge in [0.1, 0.15) is 11.6 Å². The zero-order chi connectivity index (χ0) is 28.5. The van der Waals surface area contributed by atoms with Crippen LogP contribution in [0, 0.1) is 12.7 Å². The number of carbonyl (C=O) groups is 1. The van der Waals surface area contributed by atoms with Gasteiger partial charge in [-0.3, -0.25) is 4.79 Å². The predicted octanol–water partition coefficient (Wildman–Crippen LogP) is 5.87. The molecule has 1 aliphatic rings. The third-order valence-corrected chi connectivity index (χ3v) is 8.24. The van der Waals surface area contributed by atoms with Crippen molar-refractivity contribution >= 4 is 21.6 Å². The number of alkyl halides is 3. The molecule has 1 heterocycles. The van der Waals surface area contributed by atoms with Crippen molar-refractivity contribution in [1.82, 2.24) is 4.31 Å². The van der Waals surface area contributed by atoms with Crippen LogP contribution in [-0.2, 0) is 40.4 Å². The summed E-state index contributed by atoms with van der Waals surface area (Å²) < 4.78 is 85.9. The van der Waals surface area contributed by atoms with E-state index in [0.717, 1.165) is 22.8 Å². The molecule has 4 rings (SSSR count). The molecule has 0 unspecified atom stereocenters. The first-order valence-corrected chi connectivity index (χ1v) is 13.7. The molecule has 39 heavy (non-hydrogen) atoms. The maximum Gasteiger partial charge on any atom is 0.419 e. The summed E-state index contributed by atoms with van der Waals surface area (Å²) in [6.07, 6.45) is -4.84. The Kier molecular flexibility index (Phi) is 8.04. The quantitative estimate of drug-likeness (QED) is 0.365. The van der Waals surface area contributed by atoms with Crippen LogP contribution in [0.4, 0.5) is 23.2 Å². The highest BCUT2D eigenvalue weighted by atomic mass is 32.2. The fraction of sp³-hybridized carbons (Fsp3) is 0.321. The molecular formula is C28H28F4N2O4S. The summed E-state index contributed by atoms with van der Waals surface area (Å²) in [6.45, 7) is 5.84. The third-order valence-electron chi connectivity index (χ3n) is 6.38. The Balaban J connectivity index is 1.50. The van der Waals surface area contributed by atoms with E-state index < -0.39 is 33.5 Å². The van der Waals surface area contributed by atoms with Crippen LogP contribution >= 0.6 is 0 Å². The highest BCUT2D eigenvalue weighted by Gasteiger charge is 2.34. The lowest BCUT2D eigenvalue weighted by Gasteiger charge is -2.30. The molecule has 0 saturated heterocycles. The van der Waals surface area contributed by atoms with Gasteiger partial charge < -0.3 is 10.1 Å². The number of benzene rings is 3. The molecule has 1 aliphatic heterocycles. The van der Waals surface area contributed by atoms with Gasteiger partial charge in [0, 0.05) is 18.8 Å². The maximum atomic E-state index is 13.9. The summed E-state index contributed by atoms with van der Waals surface area (Å²) in [5.74, 6) is -1.39. The lowest BCUT2D eigenvalue weighted by Crippen LogP contribution is -2.36. The van der Waals surface area contributed by atoms with Crippen LogP contribution in [0.5, 0.6) is 5.75 Å². The van der Waals surface area contributed by atoms with Gasteiger partial charge in [0.2, 0.25) is 15.9 Å². The maximum absolute atomic E-state index is 13.9. The van der Waals surface area contributed by atoms with Gasteiger partial charge in [-0.1, -0.05) is 18.2 Å². The number of hydrogen-bond donors (Lipinski definition) is 1. The van der Waals surface area contributed by atoms with Gasteiger partial charge in [0.15, 0.2) is 0 Å². The Labute approximate surface area is 224 Å². The van der Waals surface area contributed by atoms with Gasteiger partial charge >= 0.3 is 6.18 Å². The zero-order valence-corrected chi connectivity index (χ0v) is 22.4. The predicted molar refractivity (Wildman–Crippen MR) is 138 cm³/mol. The highest BCUT2D eigenvalue weighted by Crippen LogP contribution is 2.33. The first-order chi connectivity index (χ1) is 18.3. The van der Waals surface area contributed by atoms with E-state index in [1.807, 2.05) is 19.9 Å². The number of nitrogens with one attached hydrogen (secondary N) is 1. The number of anilines is 1. The van der Waals surface area contributed by atoms with Crippen molar-refractivity contribution in [2.45, 2.75) is 57.3 Å². The molecule has 0 aliphatic carbocycles. The zero-order valence-electron chi connectivity index (χ0n) is 21.6. The van der Waals surface area contributed by atoms with Gasteiger partial charge in [0.05, 0.1) is 23.0 Å². The summed E-state index contributed by atoms with van der Waals surface area (Å²) in [5.41, 5.74) is 1.50. The second-order valence-electron chi connectivity index (χ2n) is 9.66. The minimum absolute atomic E-state index is 0.0414. The molecule has 0 radical (unpaired) electrons. The van der Waals surface area contributed by atoms with E-state index in [-0.39, 0.29) is 36.1 Å². The number of ether oxygens (including phenoxy) is 1. The average Bonchev–Trinajstić information content (AvgIpc) is 2.84. The highest BCUT2D eigenvalue weighted by molar-refractivity contribution is 7.89. The third kappa shape index (κ3) is 6.42. The van der Waals surface area contributed by atoms with Crippen molar-refractivity contribution in [1.29, 1.82) is 0 Å². The number of halogens is 4. The van der Waals surface area contributed by atoms with Gasteiger partial charge in [-0.25, -0.2) is 12.8 Å². The largest absolute Gasteiger partial charge is 0.491 e. The minimum atomic E-state index is -4.82. The van der Waals surface area contributed by atoms with Crippen molar-refractivity contribution < 1.29 is 35.5 Å². The summed E-state index contributed by atoms with van der Waals surface area (Å²) in [6, 6.07) is 12.2. The van der Waals surface area contributed by atoms with Gasteiger partial charge in [-0.15, -0.1) is 0 Å². The summed E-state index contributed by atoms with van der Waals surface area (Å²) in [5, 5.41) is 2.79. The topological polar surface area (TPSA) is 75.7 Å². The molecule has 3 aromatic rings. The minimum Gasteiger partial charge on any atom is -0.491 e.